The molecule has 0 unspecified atom stereocenters. The normalized spacial score (nSPS) is 14.2. The second-order valence-electron chi connectivity index (χ2n) is 7.15. The first-order chi connectivity index (χ1) is 15.3. The molecule has 0 spiro atoms. The number of hydrogen-bond acceptors (Lipinski definition) is 9. The van der Waals surface area contributed by atoms with Crippen molar-refractivity contribution in [3.63, 3.8) is 0 Å². The molecule has 8 nitrogen and oxygen atoms in total. The van der Waals surface area contributed by atoms with E-state index in [1.165, 1.54) is 18.2 Å². The third kappa shape index (κ3) is 4.17. The second kappa shape index (κ2) is 9.11. The van der Waals surface area contributed by atoms with Crippen molar-refractivity contribution >= 4 is 29.0 Å². The zero-order valence-corrected chi connectivity index (χ0v) is 18.7. The number of nitrogens with zero attached hydrogens (tertiary/aromatic N) is 6. The summed E-state index contributed by atoms with van der Waals surface area (Å²) in [6.45, 7) is 1.96. The van der Waals surface area contributed by atoms with Crippen molar-refractivity contribution in [2.24, 2.45) is 0 Å². The van der Waals surface area contributed by atoms with Gasteiger partial charge in [0.1, 0.15) is 5.75 Å². The number of aromatic nitrogens is 5. The molecule has 0 amide bonds. The summed E-state index contributed by atoms with van der Waals surface area (Å²) >= 11 is 3.14. The zero-order valence-electron chi connectivity index (χ0n) is 17.1. The predicted molar refractivity (Wildman–Crippen MR) is 121 cm³/mol. The van der Waals surface area contributed by atoms with Crippen molar-refractivity contribution in [2.75, 3.05) is 25.1 Å². The minimum atomic E-state index is 0.529. The van der Waals surface area contributed by atoms with Crippen LogP contribution < -0.4 is 9.64 Å². The predicted octanol–water partition coefficient (Wildman–Crippen LogP) is 4.67. The lowest BCUT2D eigenvalue weighted by molar-refractivity contribution is 0.412. The number of methoxy groups -OCH3 is 1. The van der Waals surface area contributed by atoms with Crippen LogP contribution in [-0.4, -0.2) is 45.1 Å². The van der Waals surface area contributed by atoms with Crippen LogP contribution in [0.1, 0.15) is 25.1 Å². The number of ether oxygens (including phenoxy) is 1. The maximum Gasteiger partial charge on any atom is 0.258 e. The monoisotopic (exact) mass is 454 g/mol. The summed E-state index contributed by atoms with van der Waals surface area (Å²) in [6, 6.07) is 9.92. The number of anilines is 1. The lowest BCUT2D eigenvalue weighted by Gasteiger charge is -2.28. The zero-order chi connectivity index (χ0) is 21.0. The molecule has 3 aromatic heterocycles. The Kier molecular flexibility index (Phi) is 5.90. The van der Waals surface area contributed by atoms with Gasteiger partial charge < -0.3 is 14.2 Å². The Balaban J connectivity index is 1.45. The summed E-state index contributed by atoms with van der Waals surface area (Å²) in [5.41, 5.74) is 1.86. The first-order valence-electron chi connectivity index (χ1n) is 10.1. The fourth-order valence-electron chi connectivity index (χ4n) is 3.62. The Labute approximate surface area is 188 Å². The van der Waals surface area contributed by atoms with Crippen molar-refractivity contribution in [2.45, 2.75) is 30.2 Å². The van der Waals surface area contributed by atoms with Gasteiger partial charge in [-0.05, 0) is 42.8 Å². The Morgan fingerprint density at radius 3 is 2.81 bits per heavy atom. The van der Waals surface area contributed by atoms with E-state index in [2.05, 4.69) is 29.8 Å². The lowest BCUT2D eigenvalue weighted by Crippen LogP contribution is -2.31. The Morgan fingerprint density at radius 2 is 2.00 bits per heavy atom. The van der Waals surface area contributed by atoms with Crippen molar-refractivity contribution in [3.8, 4) is 22.9 Å². The smallest absolute Gasteiger partial charge is 0.258 e. The van der Waals surface area contributed by atoms with Crippen molar-refractivity contribution in [1.82, 2.24) is 24.9 Å². The first-order valence-corrected chi connectivity index (χ1v) is 12.1. The molecular formula is C21H22N6O2S2. The molecule has 0 N–H and O–H groups in total. The molecule has 4 heterocycles. The minimum Gasteiger partial charge on any atom is -0.495 e. The maximum absolute atomic E-state index is 5.63. The molecule has 1 aromatic carbocycles. The number of piperidine rings is 1. The van der Waals surface area contributed by atoms with E-state index in [1.807, 2.05) is 41.1 Å². The van der Waals surface area contributed by atoms with E-state index in [1.54, 1.807) is 18.4 Å². The van der Waals surface area contributed by atoms with Crippen LogP contribution in [0.15, 0.2) is 50.8 Å². The molecule has 1 saturated heterocycles. The molecule has 0 bridgehead atoms. The van der Waals surface area contributed by atoms with Gasteiger partial charge in [0.15, 0.2) is 11.0 Å². The number of hydrogen-bond donors (Lipinski definition) is 0. The number of para-hydroxylation sites is 2. The van der Waals surface area contributed by atoms with E-state index in [-0.39, 0.29) is 0 Å². The van der Waals surface area contributed by atoms with Crippen LogP contribution in [0.25, 0.3) is 17.1 Å². The summed E-state index contributed by atoms with van der Waals surface area (Å²) < 4.78 is 13.1. The van der Waals surface area contributed by atoms with Gasteiger partial charge in [-0.2, -0.15) is 16.3 Å². The number of rotatable bonds is 7. The fourth-order valence-corrected chi connectivity index (χ4v) is 5.04. The molecule has 0 aliphatic carbocycles. The van der Waals surface area contributed by atoms with Crippen LogP contribution >= 0.6 is 23.1 Å². The van der Waals surface area contributed by atoms with Crippen molar-refractivity contribution in [3.05, 3.63) is 46.9 Å². The van der Waals surface area contributed by atoms with E-state index in [4.69, 9.17) is 9.26 Å². The average Bonchev–Trinajstić information content (AvgIpc) is 3.58. The highest BCUT2D eigenvalue weighted by molar-refractivity contribution is 7.98. The van der Waals surface area contributed by atoms with Crippen LogP contribution in [-0.2, 0) is 5.75 Å². The molecule has 1 fully saturated rings. The maximum atomic E-state index is 5.63. The average molecular weight is 455 g/mol. The van der Waals surface area contributed by atoms with Gasteiger partial charge in [0, 0.05) is 18.5 Å². The molecular weight excluding hydrogens is 432 g/mol. The van der Waals surface area contributed by atoms with E-state index < -0.39 is 0 Å². The van der Waals surface area contributed by atoms with E-state index in [0.717, 1.165) is 54.0 Å². The van der Waals surface area contributed by atoms with Gasteiger partial charge in [-0.25, -0.2) is 0 Å². The highest BCUT2D eigenvalue weighted by Gasteiger charge is 2.23. The summed E-state index contributed by atoms with van der Waals surface area (Å²) in [7, 11) is 1.68. The van der Waals surface area contributed by atoms with Gasteiger partial charge in [-0.1, -0.05) is 29.1 Å². The summed E-state index contributed by atoms with van der Waals surface area (Å²) in [4.78, 5) is 6.82. The topological polar surface area (TPSA) is 82.1 Å². The molecule has 0 atom stereocenters. The number of thiophene rings is 1. The molecule has 4 aromatic rings. The van der Waals surface area contributed by atoms with E-state index >= 15 is 0 Å². The molecule has 0 radical (unpaired) electrons. The molecule has 5 rings (SSSR count). The Bertz CT molecular complexity index is 1130. The summed E-state index contributed by atoms with van der Waals surface area (Å²) in [6.07, 6.45) is 3.58. The van der Waals surface area contributed by atoms with E-state index in [9.17, 15) is 0 Å². The van der Waals surface area contributed by atoms with Gasteiger partial charge >= 0.3 is 0 Å². The third-order valence-electron chi connectivity index (χ3n) is 5.15. The number of benzene rings is 1. The van der Waals surface area contributed by atoms with Crippen LogP contribution in [0, 0.1) is 0 Å². The fraction of sp³-hybridized carbons (Fsp3) is 0.333. The highest BCUT2D eigenvalue weighted by Crippen LogP contribution is 2.34. The van der Waals surface area contributed by atoms with Crippen LogP contribution in [0.3, 0.4) is 0 Å². The molecule has 10 heteroatoms. The molecule has 0 saturated carbocycles. The summed E-state index contributed by atoms with van der Waals surface area (Å²) in [5, 5.41) is 17.9. The quantitative estimate of drug-likeness (QED) is 0.373. The molecule has 1 aliphatic rings. The van der Waals surface area contributed by atoms with Gasteiger partial charge in [0.2, 0.25) is 5.95 Å². The van der Waals surface area contributed by atoms with Gasteiger partial charge in [0.05, 0.1) is 24.1 Å². The number of thioether (sulfide) groups is 1. The standard InChI is InChI=1S/C21H22N6O2S2/c1-28-17-8-4-3-7-16(17)27-20(26-10-5-2-6-11-26)23-24-21(27)31-14-18-22-19(29-25-18)15-9-12-30-13-15/h3-4,7-9,12-13H,2,5-6,10-11,14H2,1H3. The van der Waals surface area contributed by atoms with Crippen molar-refractivity contribution in [1.29, 1.82) is 0 Å². The lowest BCUT2D eigenvalue weighted by atomic mass is 10.1. The highest BCUT2D eigenvalue weighted by atomic mass is 32.2. The third-order valence-corrected chi connectivity index (χ3v) is 6.76. The van der Waals surface area contributed by atoms with Crippen LogP contribution in [0.2, 0.25) is 0 Å². The van der Waals surface area contributed by atoms with Crippen LogP contribution in [0.4, 0.5) is 5.95 Å². The van der Waals surface area contributed by atoms with E-state index in [0.29, 0.717) is 17.5 Å². The van der Waals surface area contributed by atoms with Gasteiger partial charge in [-0.3, -0.25) is 4.57 Å². The van der Waals surface area contributed by atoms with Crippen LogP contribution in [0.5, 0.6) is 5.75 Å². The molecule has 31 heavy (non-hydrogen) atoms. The SMILES string of the molecule is COc1ccccc1-n1c(SCc2noc(-c3ccsc3)n2)nnc1N1CCCCC1. The second-order valence-corrected chi connectivity index (χ2v) is 8.88. The Hall–Kier alpha value is -2.85. The van der Waals surface area contributed by atoms with Gasteiger partial charge in [-0.15, -0.1) is 10.2 Å². The first kappa shape index (κ1) is 20.1. The summed E-state index contributed by atoms with van der Waals surface area (Å²) in [5.74, 6) is 3.32. The molecule has 160 valence electrons. The van der Waals surface area contributed by atoms with Gasteiger partial charge in [0.25, 0.3) is 5.89 Å². The minimum absolute atomic E-state index is 0.529. The largest absolute Gasteiger partial charge is 0.495 e. The van der Waals surface area contributed by atoms with Crippen molar-refractivity contribution < 1.29 is 9.26 Å². The molecule has 1 aliphatic heterocycles. The Morgan fingerprint density at radius 1 is 1.13 bits per heavy atom.